The molecule has 0 spiro atoms. The Balaban J connectivity index is 1.97. The van der Waals surface area contributed by atoms with E-state index in [1.54, 1.807) is 6.07 Å². The molecule has 1 fully saturated rings. The summed E-state index contributed by atoms with van der Waals surface area (Å²) in [4.78, 5) is 12.7. The summed E-state index contributed by atoms with van der Waals surface area (Å²) in [6.07, 6.45) is 6.94. The van der Waals surface area contributed by atoms with Gasteiger partial charge in [0, 0.05) is 24.7 Å². The lowest BCUT2D eigenvalue weighted by Crippen LogP contribution is -2.42. The molecule has 1 aromatic carbocycles. The van der Waals surface area contributed by atoms with E-state index < -0.39 is 34.5 Å². The van der Waals surface area contributed by atoms with Crippen LogP contribution in [0.25, 0.3) is 0 Å². The van der Waals surface area contributed by atoms with Gasteiger partial charge in [0.2, 0.25) is 0 Å². The molecule has 0 saturated heterocycles. The van der Waals surface area contributed by atoms with E-state index in [0.717, 1.165) is 67.7 Å². The maximum absolute atomic E-state index is 13.4. The highest BCUT2D eigenvalue weighted by Crippen LogP contribution is 2.43. The molecule has 1 heterocycles. The summed E-state index contributed by atoms with van der Waals surface area (Å²) in [5.41, 5.74) is -0.738. The molecule has 0 N–H and O–H groups in total. The third-order valence-electron chi connectivity index (χ3n) is 10.3. The number of rotatable bonds is 15. The molecular weight excluding hydrogens is 614 g/mol. The second-order valence-corrected chi connectivity index (χ2v) is 22.1. The smallest absolute Gasteiger partial charge is 0.416 e. The van der Waals surface area contributed by atoms with Crippen molar-refractivity contribution >= 4 is 22.6 Å². The Morgan fingerprint density at radius 1 is 0.978 bits per heavy atom. The van der Waals surface area contributed by atoms with Gasteiger partial charge in [-0.05, 0) is 73.7 Å². The zero-order valence-corrected chi connectivity index (χ0v) is 30.2. The predicted molar refractivity (Wildman–Crippen MR) is 179 cm³/mol. The SMILES string of the molecule is CC[Si](CC)(CC)O[C@H](/C=C\[C@@H]1[C@H]2CC=CCCCC(=O)O[C@H]2C[C@H]1O[Si](CC)(CC)CC)COc1cccc(C(F)(F)F)c1. The van der Waals surface area contributed by atoms with Crippen LogP contribution in [-0.4, -0.2) is 47.5 Å². The molecule has 2 aliphatic rings. The summed E-state index contributed by atoms with van der Waals surface area (Å²) in [5, 5.41) is 0. The Hall–Kier alpha value is -1.89. The summed E-state index contributed by atoms with van der Waals surface area (Å²) < 4.78 is 66.2. The summed E-state index contributed by atoms with van der Waals surface area (Å²) in [6, 6.07) is 10.9. The average Bonchev–Trinajstić information content (AvgIpc) is 3.35. The number of halogens is 3. The Morgan fingerprint density at radius 2 is 1.64 bits per heavy atom. The van der Waals surface area contributed by atoms with E-state index >= 15 is 0 Å². The second kappa shape index (κ2) is 17.3. The first-order chi connectivity index (χ1) is 21.5. The molecule has 5 atom stereocenters. The molecule has 1 aliphatic carbocycles. The van der Waals surface area contributed by atoms with E-state index in [-0.39, 0.29) is 42.4 Å². The molecule has 10 heteroatoms. The van der Waals surface area contributed by atoms with Crippen LogP contribution in [-0.2, 0) is 24.6 Å². The van der Waals surface area contributed by atoms with Gasteiger partial charge in [0.25, 0.3) is 0 Å². The van der Waals surface area contributed by atoms with Crippen molar-refractivity contribution in [2.45, 2.75) is 134 Å². The number of fused-ring (bicyclic) bond motifs is 1. The third kappa shape index (κ3) is 10.3. The van der Waals surface area contributed by atoms with Crippen LogP contribution in [0.15, 0.2) is 48.6 Å². The van der Waals surface area contributed by atoms with Gasteiger partial charge in [0.15, 0.2) is 16.6 Å². The molecule has 0 unspecified atom stereocenters. The van der Waals surface area contributed by atoms with Gasteiger partial charge in [0.1, 0.15) is 18.5 Å². The normalized spacial score (nSPS) is 24.0. The van der Waals surface area contributed by atoms with Crippen LogP contribution < -0.4 is 4.74 Å². The van der Waals surface area contributed by atoms with Crippen molar-refractivity contribution in [3.8, 4) is 5.75 Å². The highest BCUT2D eigenvalue weighted by molar-refractivity contribution is 6.74. The predicted octanol–water partition coefficient (Wildman–Crippen LogP) is 10.1. The van der Waals surface area contributed by atoms with Gasteiger partial charge < -0.3 is 18.3 Å². The fraction of sp³-hybridized carbons (Fsp3) is 0.686. The Bertz CT molecular complexity index is 1100. The van der Waals surface area contributed by atoms with Crippen LogP contribution in [0.5, 0.6) is 5.75 Å². The minimum atomic E-state index is -4.45. The van der Waals surface area contributed by atoms with Crippen molar-refractivity contribution in [2.24, 2.45) is 11.8 Å². The minimum absolute atomic E-state index is 0.00371. The van der Waals surface area contributed by atoms with Gasteiger partial charge in [-0.2, -0.15) is 13.2 Å². The average molecular weight is 669 g/mol. The number of esters is 1. The highest BCUT2D eigenvalue weighted by atomic mass is 28.4. The first-order valence-corrected chi connectivity index (χ1v) is 22.2. The lowest BCUT2D eigenvalue weighted by Gasteiger charge is -2.35. The number of ether oxygens (including phenoxy) is 2. The van der Waals surface area contributed by atoms with Gasteiger partial charge in [-0.15, -0.1) is 0 Å². The van der Waals surface area contributed by atoms with Gasteiger partial charge >= 0.3 is 12.1 Å². The summed E-state index contributed by atoms with van der Waals surface area (Å²) in [5.74, 6) is 0.0927. The van der Waals surface area contributed by atoms with Crippen molar-refractivity contribution in [2.75, 3.05) is 6.61 Å². The van der Waals surface area contributed by atoms with Crippen molar-refractivity contribution in [3.05, 3.63) is 54.1 Å². The number of allylic oxidation sites excluding steroid dienone is 2. The van der Waals surface area contributed by atoms with E-state index in [0.29, 0.717) is 12.8 Å². The van der Waals surface area contributed by atoms with Crippen LogP contribution >= 0.6 is 0 Å². The molecule has 0 radical (unpaired) electrons. The van der Waals surface area contributed by atoms with Crippen LogP contribution in [0.3, 0.4) is 0 Å². The Kier molecular flexibility index (Phi) is 14.5. The zero-order chi connectivity index (χ0) is 33.1. The molecule has 1 aliphatic heterocycles. The summed E-state index contributed by atoms with van der Waals surface area (Å²) in [7, 11) is -4.07. The molecular formula is C35H55F3O5Si2. The quantitative estimate of drug-likeness (QED) is 0.106. The topological polar surface area (TPSA) is 54.0 Å². The molecule has 1 saturated carbocycles. The fourth-order valence-corrected chi connectivity index (χ4v) is 12.5. The molecule has 254 valence electrons. The number of hydrogen-bond donors (Lipinski definition) is 0. The van der Waals surface area contributed by atoms with Crippen LogP contribution in [0.1, 0.15) is 79.2 Å². The zero-order valence-electron chi connectivity index (χ0n) is 28.2. The number of benzene rings is 1. The molecule has 3 rings (SSSR count). The lowest BCUT2D eigenvalue weighted by molar-refractivity contribution is -0.151. The van der Waals surface area contributed by atoms with Crippen molar-refractivity contribution in [1.82, 2.24) is 0 Å². The van der Waals surface area contributed by atoms with Crippen LogP contribution in [0, 0.1) is 11.8 Å². The van der Waals surface area contributed by atoms with E-state index in [2.05, 4.69) is 65.8 Å². The maximum atomic E-state index is 13.4. The molecule has 1 aromatic rings. The number of carbonyl (C=O) groups excluding carboxylic acids is 1. The van der Waals surface area contributed by atoms with E-state index in [4.69, 9.17) is 18.3 Å². The van der Waals surface area contributed by atoms with Crippen molar-refractivity contribution in [1.29, 1.82) is 0 Å². The summed E-state index contributed by atoms with van der Waals surface area (Å²) >= 11 is 0. The number of hydrogen-bond acceptors (Lipinski definition) is 5. The number of alkyl halides is 3. The monoisotopic (exact) mass is 668 g/mol. The molecule has 45 heavy (non-hydrogen) atoms. The largest absolute Gasteiger partial charge is 0.491 e. The molecule has 0 aromatic heterocycles. The van der Waals surface area contributed by atoms with Gasteiger partial charge in [-0.3, -0.25) is 4.79 Å². The fourth-order valence-electron chi connectivity index (χ4n) is 6.85. The van der Waals surface area contributed by atoms with Crippen molar-refractivity contribution in [3.63, 3.8) is 0 Å². The molecule has 5 nitrogen and oxygen atoms in total. The van der Waals surface area contributed by atoms with E-state index in [1.807, 2.05) is 0 Å². The van der Waals surface area contributed by atoms with Crippen molar-refractivity contribution < 1.29 is 36.3 Å². The van der Waals surface area contributed by atoms with E-state index in [1.165, 1.54) is 6.07 Å². The Morgan fingerprint density at radius 3 is 2.27 bits per heavy atom. The van der Waals surface area contributed by atoms with Gasteiger partial charge in [-0.1, -0.05) is 71.9 Å². The Labute approximate surface area is 271 Å². The van der Waals surface area contributed by atoms with Crippen LogP contribution in [0.4, 0.5) is 13.2 Å². The molecule has 0 bridgehead atoms. The van der Waals surface area contributed by atoms with Gasteiger partial charge in [-0.25, -0.2) is 0 Å². The molecule has 0 amide bonds. The minimum Gasteiger partial charge on any atom is -0.491 e. The third-order valence-corrected chi connectivity index (χ3v) is 19.6. The van der Waals surface area contributed by atoms with Gasteiger partial charge in [0.05, 0.1) is 17.8 Å². The highest BCUT2D eigenvalue weighted by Gasteiger charge is 2.47. The first kappa shape index (κ1) is 37.6. The maximum Gasteiger partial charge on any atom is 0.416 e. The lowest BCUT2D eigenvalue weighted by atomic mass is 9.89. The summed E-state index contributed by atoms with van der Waals surface area (Å²) in [6.45, 7) is 13.2. The second-order valence-electron chi connectivity index (χ2n) is 12.6. The number of carbonyl (C=O) groups is 1. The first-order valence-electron chi connectivity index (χ1n) is 17.2. The van der Waals surface area contributed by atoms with Crippen LogP contribution in [0.2, 0.25) is 36.3 Å². The van der Waals surface area contributed by atoms with E-state index in [9.17, 15) is 18.0 Å². The standard InChI is InChI=1S/C35H55F3O5Si2/c1-7-44(8-2,9-3)42-29(26-40-28-19-17-18-27(24-28)35(36,37)38)22-23-31-30-20-15-13-14-16-21-34(39)41-32(30)25-33(31)43-45(10-4,11-5)12-6/h13,15,17-19,22-24,29-33H,7-12,14,16,20-21,25-26H2,1-6H3/b15-13?,23-22-/t29-,30-,31-,32+,33-/m1/s1.